The normalized spacial score (nSPS) is 16.3. The van der Waals surface area contributed by atoms with Crippen molar-refractivity contribution in [3.63, 3.8) is 0 Å². The summed E-state index contributed by atoms with van der Waals surface area (Å²) >= 11 is 0. The molecule has 0 spiro atoms. The first kappa shape index (κ1) is 16.9. The van der Waals surface area contributed by atoms with Crippen molar-refractivity contribution in [3.8, 4) is 11.4 Å². The number of nitrogens with zero attached hydrogens (tertiary/aromatic N) is 5. The Kier molecular flexibility index (Phi) is 4.79. The van der Waals surface area contributed by atoms with Crippen LogP contribution in [-0.4, -0.2) is 73.8 Å². The Hall–Kier alpha value is -2.55. The summed E-state index contributed by atoms with van der Waals surface area (Å²) in [6, 6.07) is 11.3. The van der Waals surface area contributed by atoms with Gasteiger partial charge in [0.25, 0.3) is 11.3 Å². The second kappa shape index (κ2) is 7.36. The Morgan fingerprint density at radius 3 is 2.50 bits per heavy atom. The zero-order valence-electron chi connectivity index (χ0n) is 14.5. The minimum atomic E-state index is -0.154. The summed E-state index contributed by atoms with van der Waals surface area (Å²) in [5, 5.41) is 12.0. The van der Waals surface area contributed by atoms with Crippen molar-refractivity contribution in [1.82, 2.24) is 29.4 Å². The van der Waals surface area contributed by atoms with E-state index in [0.717, 1.165) is 44.0 Å². The number of hydrogen-bond acceptors (Lipinski definition) is 6. The Morgan fingerprint density at radius 1 is 1.04 bits per heavy atom. The van der Waals surface area contributed by atoms with Gasteiger partial charge in [-0.1, -0.05) is 30.3 Å². The first-order valence-corrected chi connectivity index (χ1v) is 8.82. The number of rotatable bonds is 5. The average Bonchev–Trinajstić information content (AvgIpc) is 3.09. The molecule has 4 rings (SSSR count). The maximum atomic E-state index is 12.4. The van der Waals surface area contributed by atoms with Crippen LogP contribution < -0.4 is 5.56 Å². The number of aliphatic hydroxyl groups excluding tert-OH is 1. The van der Waals surface area contributed by atoms with Crippen molar-refractivity contribution in [3.05, 3.63) is 52.4 Å². The summed E-state index contributed by atoms with van der Waals surface area (Å²) in [5.74, 6) is 1.02. The van der Waals surface area contributed by atoms with Gasteiger partial charge in [-0.3, -0.25) is 19.7 Å². The van der Waals surface area contributed by atoms with E-state index in [9.17, 15) is 4.79 Å². The molecule has 8 heteroatoms. The van der Waals surface area contributed by atoms with Gasteiger partial charge in [-0.05, 0) is 0 Å². The molecule has 0 bridgehead atoms. The van der Waals surface area contributed by atoms with E-state index in [2.05, 4.69) is 24.9 Å². The van der Waals surface area contributed by atoms with Crippen LogP contribution in [0.1, 0.15) is 5.69 Å². The van der Waals surface area contributed by atoms with Crippen molar-refractivity contribution in [2.24, 2.45) is 0 Å². The largest absolute Gasteiger partial charge is 0.395 e. The summed E-state index contributed by atoms with van der Waals surface area (Å²) in [5.41, 5.74) is 1.49. The van der Waals surface area contributed by atoms with Crippen LogP contribution in [0.5, 0.6) is 0 Å². The standard InChI is InChI=1S/C18H22N6O2/c25-11-10-22-6-8-23(9-7-22)13-15-12-16(26)24-18(19-15)20-17(21-24)14-4-2-1-3-5-14/h1-5,12,25H,6-11,13H2,(H,19,20,21). The Balaban J connectivity index is 1.53. The molecular formula is C18H22N6O2. The van der Waals surface area contributed by atoms with Crippen molar-refractivity contribution in [2.45, 2.75) is 6.54 Å². The maximum absolute atomic E-state index is 12.4. The van der Waals surface area contributed by atoms with Gasteiger partial charge in [0, 0.05) is 50.9 Å². The smallest absolute Gasteiger partial charge is 0.274 e. The molecule has 1 aliphatic rings. The molecule has 0 unspecified atom stereocenters. The minimum Gasteiger partial charge on any atom is -0.395 e. The molecule has 1 aliphatic heterocycles. The molecular weight excluding hydrogens is 332 g/mol. The minimum absolute atomic E-state index is 0.154. The Morgan fingerprint density at radius 2 is 1.77 bits per heavy atom. The van der Waals surface area contributed by atoms with Crippen molar-refractivity contribution >= 4 is 5.78 Å². The Labute approximate surface area is 150 Å². The number of nitrogens with one attached hydrogen (secondary N) is 1. The highest BCUT2D eigenvalue weighted by Crippen LogP contribution is 2.14. The van der Waals surface area contributed by atoms with E-state index in [1.807, 2.05) is 30.3 Å². The number of β-amino-alcohol motifs (C(OH)–C–C–N with tert-alkyl or cyclic N) is 1. The fraction of sp³-hybridized carbons (Fsp3) is 0.389. The highest BCUT2D eigenvalue weighted by atomic mass is 16.3. The summed E-state index contributed by atoms with van der Waals surface area (Å²) in [6.45, 7) is 5.18. The molecule has 8 nitrogen and oxygen atoms in total. The summed E-state index contributed by atoms with van der Waals surface area (Å²) < 4.78 is 1.38. The summed E-state index contributed by atoms with van der Waals surface area (Å²) in [6.07, 6.45) is 0. The summed E-state index contributed by atoms with van der Waals surface area (Å²) in [4.78, 5) is 26.0. The molecule has 2 N–H and O–H groups in total. The van der Waals surface area contributed by atoms with Gasteiger partial charge in [0.15, 0.2) is 5.82 Å². The van der Waals surface area contributed by atoms with E-state index < -0.39 is 0 Å². The second-order valence-electron chi connectivity index (χ2n) is 6.50. The molecule has 0 amide bonds. The number of aliphatic hydroxyl groups is 1. The van der Waals surface area contributed by atoms with E-state index in [1.165, 1.54) is 4.52 Å². The van der Waals surface area contributed by atoms with Gasteiger partial charge >= 0.3 is 0 Å². The van der Waals surface area contributed by atoms with Gasteiger partial charge in [0.1, 0.15) is 0 Å². The van der Waals surface area contributed by atoms with E-state index >= 15 is 0 Å². The van der Waals surface area contributed by atoms with Crippen LogP contribution in [0, 0.1) is 0 Å². The number of fused-ring (bicyclic) bond motifs is 1. The molecule has 1 aromatic carbocycles. The highest BCUT2D eigenvalue weighted by molar-refractivity contribution is 5.56. The average molecular weight is 354 g/mol. The molecule has 0 atom stereocenters. The van der Waals surface area contributed by atoms with Crippen molar-refractivity contribution in [2.75, 3.05) is 39.3 Å². The first-order chi connectivity index (χ1) is 12.7. The van der Waals surface area contributed by atoms with Crippen LogP contribution in [0.3, 0.4) is 0 Å². The SMILES string of the molecule is O=c1cc(CN2CCN(CCO)CC2)nc2nc(-c3ccccc3)[nH]n12. The fourth-order valence-corrected chi connectivity index (χ4v) is 3.28. The molecule has 2 aromatic heterocycles. The van der Waals surface area contributed by atoms with Gasteiger partial charge in [-0.25, -0.2) is 4.98 Å². The van der Waals surface area contributed by atoms with Gasteiger partial charge in [0.05, 0.1) is 12.3 Å². The van der Waals surface area contributed by atoms with Crippen LogP contribution in [-0.2, 0) is 6.54 Å². The molecule has 1 fully saturated rings. The first-order valence-electron chi connectivity index (χ1n) is 8.82. The van der Waals surface area contributed by atoms with Crippen molar-refractivity contribution in [1.29, 1.82) is 0 Å². The molecule has 0 saturated carbocycles. The number of H-pyrrole nitrogens is 1. The third-order valence-electron chi connectivity index (χ3n) is 4.70. The quantitative estimate of drug-likeness (QED) is 0.680. The lowest BCUT2D eigenvalue weighted by atomic mass is 10.2. The lowest BCUT2D eigenvalue weighted by molar-refractivity contribution is 0.107. The molecule has 26 heavy (non-hydrogen) atoms. The highest BCUT2D eigenvalue weighted by Gasteiger charge is 2.18. The van der Waals surface area contributed by atoms with Crippen LogP contribution in [0.25, 0.3) is 17.2 Å². The fourth-order valence-electron chi connectivity index (χ4n) is 3.28. The molecule has 0 aliphatic carbocycles. The van der Waals surface area contributed by atoms with Crippen molar-refractivity contribution < 1.29 is 5.11 Å². The third kappa shape index (κ3) is 3.52. The third-order valence-corrected chi connectivity index (χ3v) is 4.70. The number of hydrogen-bond donors (Lipinski definition) is 2. The topological polar surface area (TPSA) is 89.8 Å². The molecule has 0 radical (unpaired) electrons. The predicted molar refractivity (Wildman–Crippen MR) is 97.8 cm³/mol. The van der Waals surface area contributed by atoms with E-state index in [0.29, 0.717) is 18.1 Å². The number of piperazine rings is 1. The van der Waals surface area contributed by atoms with E-state index in [1.54, 1.807) is 6.07 Å². The van der Waals surface area contributed by atoms with Crippen LogP contribution in [0.15, 0.2) is 41.2 Å². The molecule has 3 heterocycles. The second-order valence-corrected chi connectivity index (χ2v) is 6.50. The number of benzene rings is 1. The van der Waals surface area contributed by atoms with Gasteiger partial charge in [0.2, 0.25) is 0 Å². The zero-order valence-corrected chi connectivity index (χ0v) is 14.5. The molecule has 3 aromatic rings. The van der Waals surface area contributed by atoms with Crippen LogP contribution in [0.2, 0.25) is 0 Å². The zero-order chi connectivity index (χ0) is 17.9. The number of aromatic amines is 1. The maximum Gasteiger partial charge on any atom is 0.274 e. The molecule has 1 saturated heterocycles. The van der Waals surface area contributed by atoms with Gasteiger partial charge in [-0.2, -0.15) is 9.50 Å². The lowest BCUT2D eigenvalue weighted by Gasteiger charge is -2.34. The molecule has 136 valence electrons. The van der Waals surface area contributed by atoms with Gasteiger partial charge < -0.3 is 5.11 Å². The van der Waals surface area contributed by atoms with E-state index in [-0.39, 0.29) is 12.2 Å². The van der Waals surface area contributed by atoms with E-state index in [4.69, 9.17) is 5.11 Å². The van der Waals surface area contributed by atoms with Gasteiger partial charge in [-0.15, -0.1) is 0 Å². The predicted octanol–water partition coefficient (Wildman–Crippen LogP) is 0.195. The monoisotopic (exact) mass is 354 g/mol. The number of aromatic nitrogens is 4. The lowest BCUT2D eigenvalue weighted by Crippen LogP contribution is -2.46. The summed E-state index contributed by atoms with van der Waals surface area (Å²) in [7, 11) is 0. The Bertz CT molecular complexity index is 928. The van der Waals surface area contributed by atoms with Crippen LogP contribution >= 0.6 is 0 Å². The van der Waals surface area contributed by atoms with Crippen LogP contribution in [0.4, 0.5) is 0 Å².